The molecule has 0 saturated carbocycles. The normalized spacial score (nSPS) is 17.2. The van der Waals surface area contributed by atoms with Crippen LogP contribution in [0.2, 0.25) is 0 Å². The smallest absolute Gasteiger partial charge is 0.243 e. The lowest BCUT2D eigenvalue weighted by molar-refractivity contribution is -0.114. The van der Waals surface area contributed by atoms with Gasteiger partial charge in [0, 0.05) is 24.5 Å². The highest BCUT2D eigenvalue weighted by Gasteiger charge is 2.26. The molecule has 1 saturated heterocycles. The van der Waals surface area contributed by atoms with Crippen LogP contribution in [0.5, 0.6) is 0 Å². The number of carbonyl (C=O) groups excluding carboxylic acids is 1. The third kappa shape index (κ3) is 4.66. The molecule has 0 spiro atoms. The summed E-state index contributed by atoms with van der Waals surface area (Å²) in [6.07, 6.45) is 4.49. The molecule has 1 amide bonds. The van der Waals surface area contributed by atoms with Gasteiger partial charge in [0.2, 0.25) is 15.9 Å². The number of morpholine rings is 1. The second-order valence-electron chi connectivity index (χ2n) is 7.60. The summed E-state index contributed by atoms with van der Waals surface area (Å²) in [6.45, 7) is 1.58. The van der Waals surface area contributed by atoms with Gasteiger partial charge in [-0.15, -0.1) is 0 Å². The summed E-state index contributed by atoms with van der Waals surface area (Å²) in [4.78, 5) is 12.6. The van der Waals surface area contributed by atoms with Crippen molar-refractivity contribution >= 4 is 27.3 Å². The average Bonchev–Trinajstić information content (AvgIpc) is 2.78. The van der Waals surface area contributed by atoms with Crippen molar-refractivity contribution in [1.82, 2.24) is 4.31 Å². The molecule has 2 aliphatic rings. The fraction of sp³-hybridized carbons (Fsp3) is 0.409. The van der Waals surface area contributed by atoms with Crippen molar-refractivity contribution in [2.24, 2.45) is 0 Å². The summed E-state index contributed by atoms with van der Waals surface area (Å²) in [5.41, 5.74) is 4.13. The molecule has 1 aliphatic carbocycles. The summed E-state index contributed by atoms with van der Waals surface area (Å²) in [7, 11) is -3.60. The van der Waals surface area contributed by atoms with E-state index in [1.165, 1.54) is 34.3 Å². The van der Waals surface area contributed by atoms with Gasteiger partial charge in [-0.2, -0.15) is 4.31 Å². The zero-order valence-electron chi connectivity index (χ0n) is 16.9. The second kappa shape index (κ2) is 9.16. The molecule has 0 aromatic heterocycles. The van der Waals surface area contributed by atoms with Gasteiger partial charge in [-0.3, -0.25) is 4.79 Å². The van der Waals surface area contributed by atoms with Crippen LogP contribution >= 0.6 is 0 Å². The molecule has 4 rings (SSSR count). The van der Waals surface area contributed by atoms with E-state index in [4.69, 9.17) is 4.74 Å². The molecule has 0 unspecified atom stereocenters. The maximum Gasteiger partial charge on any atom is 0.243 e. The third-order valence-corrected chi connectivity index (χ3v) is 7.46. The molecule has 30 heavy (non-hydrogen) atoms. The van der Waals surface area contributed by atoms with Gasteiger partial charge >= 0.3 is 0 Å². The molecule has 1 aliphatic heterocycles. The van der Waals surface area contributed by atoms with E-state index in [0.717, 1.165) is 18.5 Å². The Bertz CT molecular complexity index is 1020. The molecule has 7 nitrogen and oxygen atoms in total. The Balaban J connectivity index is 1.40. The number of ether oxygens (including phenoxy) is 1. The van der Waals surface area contributed by atoms with Gasteiger partial charge in [0.1, 0.15) is 0 Å². The molecule has 1 fully saturated rings. The van der Waals surface area contributed by atoms with Crippen LogP contribution in [0.15, 0.2) is 47.4 Å². The molecular formula is C22H27N3O4S. The number of benzene rings is 2. The first-order valence-corrected chi connectivity index (χ1v) is 11.8. The Labute approximate surface area is 177 Å². The fourth-order valence-electron chi connectivity index (χ4n) is 4.00. The van der Waals surface area contributed by atoms with Crippen LogP contribution in [0.4, 0.5) is 11.4 Å². The lowest BCUT2D eigenvalue weighted by atomic mass is 9.90. The van der Waals surface area contributed by atoms with Crippen molar-refractivity contribution < 1.29 is 17.9 Å². The molecule has 160 valence electrons. The van der Waals surface area contributed by atoms with Crippen LogP contribution in [-0.2, 0) is 32.4 Å². The van der Waals surface area contributed by atoms with Crippen LogP contribution in [0.3, 0.4) is 0 Å². The first kappa shape index (κ1) is 20.8. The molecule has 8 heteroatoms. The van der Waals surface area contributed by atoms with Crippen molar-refractivity contribution in [1.29, 1.82) is 0 Å². The van der Waals surface area contributed by atoms with Crippen molar-refractivity contribution in [3.63, 3.8) is 0 Å². The van der Waals surface area contributed by atoms with Crippen LogP contribution in [-0.4, -0.2) is 51.5 Å². The van der Waals surface area contributed by atoms with Gasteiger partial charge < -0.3 is 15.4 Å². The number of hydrogen-bond acceptors (Lipinski definition) is 5. The predicted molar refractivity (Wildman–Crippen MR) is 116 cm³/mol. The third-order valence-electron chi connectivity index (χ3n) is 5.56. The largest absolute Gasteiger partial charge is 0.379 e. The molecule has 2 aromatic rings. The molecule has 2 N–H and O–H groups in total. The highest BCUT2D eigenvalue weighted by Crippen LogP contribution is 2.27. The van der Waals surface area contributed by atoms with Crippen molar-refractivity contribution in [2.75, 3.05) is 43.5 Å². The monoisotopic (exact) mass is 429 g/mol. The van der Waals surface area contributed by atoms with Crippen molar-refractivity contribution in [3.8, 4) is 0 Å². The number of aryl methyl sites for hydroxylation is 1. The van der Waals surface area contributed by atoms with E-state index in [0.29, 0.717) is 32.0 Å². The number of amides is 1. The van der Waals surface area contributed by atoms with Gasteiger partial charge in [-0.1, -0.05) is 18.2 Å². The standard InChI is InChI=1S/C22H27N3O4S/c26-22(16-23-21-10-3-6-17-5-1-2-9-20(17)21)24-18-7-4-8-19(15-18)30(27,28)25-11-13-29-14-12-25/h3-4,6-8,10,15,23H,1-2,5,9,11-14,16H2,(H,24,26). The number of carbonyl (C=O) groups is 1. The lowest BCUT2D eigenvalue weighted by Crippen LogP contribution is -2.40. The first-order valence-electron chi connectivity index (χ1n) is 10.4. The summed E-state index contributed by atoms with van der Waals surface area (Å²) in [5.74, 6) is -0.218. The summed E-state index contributed by atoms with van der Waals surface area (Å²) < 4.78 is 32.3. The van der Waals surface area contributed by atoms with Crippen LogP contribution in [0, 0.1) is 0 Å². The Morgan fingerprint density at radius 3 is 2.63 bits per heavy atom. The minimum Gasteiger partial charge on any atom is -0.379 e. The number of sulfonamides is 1. The zero-order valence-corrected chi connectivity index (χ0v) is 17.7. The van der Waals surface area contributed by atoms with Gasteiger partial charge in [0.15, 0.2) is 0 Å². The predicted octanol–water partition coefficient (Wildman–Crippen LogP) is 2.64. The lowest BCUT2D eigenvalue weighted by Gasteiger charge is -2.26. The summed E-state index contributed by atoms with van der Waals surface area (Å²) in [6, 6.07) is 12.6. The van der Waals surface area contributed by atoms with E-state index in [2.05, 4.69) is 16.7 Å². The van der Waals surface area contributed by atoms with E-state index in [-0.39, 0.29) is 17.3 Å². The highest BCUT2D eigenvalue weighted by atomic mass is 32.2. The van der Waals surface area contributed by atoms with Crippen LogP contribution < -0.4 is 10.6 Å². The highest BCUT2D eigenvalue weighted by molar-refractivity contribution is 7.89. The first-order chi connectivity index (χ1) is 14.5. The van der Waals surface area contributed by atoms with E-state index in [1.54, 1.807) is 18.2 Å². The molecule has 0 atom stereocenters. The number of nitrogens with one attached hydrogen (secondary N) is 2. The van der Waals surface area contributed by atoms with Gasteiger partial charge in [0.05, 0.1) is 24.7 Å². The zero-order chi connectivity index (χ0) is 21.0. The summed E-state index contributed by atoms with van der Waals surface area (Å²) in [5, 5.41) is 6.04. The van der Waals surface area contributed by atoms with Gasteiger partial charge in [0.25, 0.3) is 0 Å². The second-order valence-corrected chi connectivity index (χ2v) is 9.53. The van der Waals surface area contributed by atoms with E-state index in [1.807, 2.05) is 12.1 Å². The maximum atomic E-state index is 12.8. The number of rotatable bonds is 6. The van der Waals surface area contributed by atoms with Crippen molar-refractivity contribution in [3.05, 3.63) is 53.6 Å². The number of nitrogens with zero attached hydrogens (tertiary/aromatic N) is 1. The number of hydrogen-bond donors (Lipinski definition) is 2. The van der Waals surface area contributed by atoms with Crippen LogP contribution in [0.1, 0.15) is 24.0 Å². The van der Waals surface area contributed by atoms with Gasteiger partial charge in [-0.25, -0.2) is 8.42 Å². The summed E-state index contributed by atoms with van der Waals surface area (Å²) >= 11 is 0. The number of fused-ring (bicyclic) bond motifs is 1. The number of anilines is 2. The average molecular weight is 430 g/mol. The van der Waals surface area contributed by atoms with E-state index < -0.39 is 10.0 Å². The minimum absolute atomic E-state index is 0.122. The van der Waals surface area contributed by atoms with Crippen LogP contribution in [0.25, 0.3) is 0 Å². The SMILES string of the molecule is O=C(CNc1cccc2c1CCCC2)Nc1cccc(S(=O)(=O)N2CCOCC2)c1. The van der Waals surface area contributed by atoms with Crippen molar-refractivity contribution in [2.45, 2.75) is 30.6 Å². The Morgan fingerprint density at radius 2 is 1.80 bits per heavy atom. The molecule has 0 bridgehead atoms. The quantitative estimate of drug-likeness (QED) is 0.737. The molecule has 2 aromatic carbocycles. The fourth-order valence-corrected chi connectivity index (χ4v) is 5.45. The van der Waals surface area contributed by atoms with E-state index in [9.17, 15) is 13.2 Å². The topological polar surface area (TPSA) is 87.7 Å². The molecular weight excluding hydrogens is 402 g/mol. The molecule has 0 radical (unpaired) electrons. The van der Waals surface area contributed by atoms with Gasteiger partial charge in [-0.05, 0) is 61.1 Å². The van der Waals surface area contributed by atoms with E-state index >= 15 is 0 Å². The maximum absolute atomic E-state index is 12.8. The minimum atomic E-state index is -3.60. The Morgan fingerprint density at radius 1 is 1.03 bits per heavy atom. The Hall–Kier alpha value is -2.42. The molecule has 1 heterocycles. The Kier molecular flexibility index (Phi) is 6.36.